The summed E-state index contributed by atoms with van der Waals surface area (Å²) in [5.74, 6) is -3.87. The highest BCUT2D eigenvalue weighted by Gasteiger charge is 2.27. The molecule has 0 aromatic heterocycles. The summed E-state index contributed by atoms with van der Waals surface area (Å²) in [6, 6.07) is 0.617. The van der Waals surface area contributed by atoms with E-state index in [1.807, 2.05) is 0 Å². The van der Waals surface area contributed by atoms with E-state index in [1.54, 1.807) is 6.92 Å². The third-order valence-corrected chi connectivity index (χ3v) is 2.54. The number of hydrogen-bond acceptors (Lipinski definition) is 4. The summed E-state index contributed by atoms with van der Waals surface area (Å²) in [7, 11) is 0. The van der Waals surface area contributed by atoms with Crippen LogP contribution in [0.2, 0.25) is 0 Å². The second-order valence-corrected chi connectivity index (χ2v) is 3.77. The zero-order valence-corrected chi connectivity index (χ0v) is 10.0. The molecule has 0 aliphatic carbocycles. The van der Waals surface area contributed by atoms with Gasteiger partial charge in [0.1, 0.15) is 11.4 Å². The number of aliphatic hydroxyl groups is 1. The maximum absolute atomic E-state index is 13.7. The van der Waals surface area contributed by atoms with Gasteiger partial charge in [-0.05, 0) is 12.5 Å². The largest absolute Gasteiger partial charge is 0.394 e. The molecule has 1 aromatic carbocycles. The number of carbonyl (C=O) groups excluding carboxylic acids is 1. The number of hydrogen-bond donors (Lipinski definition) is 2. The lowest BCUT2D eigenvalue weighted by Crippen LogP contribution is -2.37. The maximum Gasteiger partial charge on any atom is 0.305 e. The number of amides is 1. The predicted octanol–water partition coefficient (Wildman–Crippen LogP) is 1.37. The molecule has 0 unspecified atom stereocenters. The molecule has 0 bridgehead atoms. The topological polar surface area (TPSA) is 92.5 Å². The van der Waals surface area contributed by atoms with Crippen LogP contribution in [-0.2, 0) is 0 Å². The van der Waals surface area contributed by atoms with E-state index in [4.69, 9.17) is 5.11 Å². The standard InChI is InChI=1S/C11H12F2N2O4/c1-2-6(5-16)14-11(17)9-7(12)3-4-8(10(9)13)15(18)19/h3-4,6,16H,2,5H2,1H3,(H,14,17)/t6-/m1/s1. The van der Waals surface area contributed by atoms with Gasteiger partial charge in [-0.1, -0.05) is 6.92 Å². The lowest BCUT2D eigenvalue weighted by molar-refractivity contribution is -0.387. The van der Waals surface area contributed by atoms with Crippen molar-refractivity contribution >= 4 is 11.6 Å². The SMILES string of the molecule is CC[C@H](CO)NC(=O)c1c(F)ccc([N+](=O)[O-])c1F. The van der Waals surface area contributed by atoms with Gasteiger partial charge in [0.05, 0.1) is 17.6 Å². The number of aliphatic hydroxyl groups excluding tert-OH is 1. The van der Waals surface area contributed by atoms with Gasteiger partial charge in [-0.3, -0.25) is 14.9 Å². The molecule has 1 rings (SSSR count). The maximum atomic E-state index is 13.7. The number of benzene rings is 1. The van der Waals surface area contributed by atoms with Crippen molar-refractivity contribution in [1.29, 1.82) is 0 Å². The minimum Gasteiger partial charge on any atom is -0.394 e. The van der Waals surface area contributed by atoms with Crippen molar-refractivity contribution in [2.75, 3.05) is 6.61 Å². The summed E-state index contributed by atoms with van der Waals surface area (Å²) in [5.41, 5.74) is -2.01. The summed E-state index contributed by atoms with van der Waals surface area (Å²) in [6.45, 7) is 1.25. The van der Waals surface area contributed by atoms with E-state index in [-0.39, 0.29) is 0 Å². The lowest BCUT2D eigenvalue weighted by atomic mass is 10.1. The first kappa shape index (κ1) is 15.0. The third kappa shape index (κ3) is 3.22. The van der Waals surface area contributed by atoms with Crippen LogP contribution >= 0.6 is 0 Å². The van der Waals surface area contributed by atoms with Crippen LogP contribution in [0.3, 0.4) is 0 Å². The smallest absolute Gasteiger partial charge is 0.305 e. The number of carbonyl (C=O) groups is 1. The minimum absolute atomic E-state index is 0.348. The van der Waals surface area contributed by atoms with Crippen LogP contribution in [0.4, 0.5) is 14.5 Å². The Balaban J connectivity index is 3.15. The molecule has 104 valence electrons. The van der Waals surface area contributed by atoms with Crippen LogP contribution in [0, 0.1) is 21.7 Å². The van der Waals surface area contributed by atoms with E-state index in [0.717, 1.165) is 0 Å². The average molecular weight is 274 g/mol. The first-order valence-corrected chi connectivity index (χ1v) is 5.46. The van der Waals surface area contributed by atoms with Gasteiger partial charge in [0.25, 0.3) is 5.91 Å². The fraction of sp³-hybridized carbons (Fsp3) is 0.364. The van der Waals surface area contributed by atoms with Crippen LogP contribution in [0.15, 0.2) is 12.1 Å². The average Bonchev–Trinajstić information content (AvgIpc) is 2.35. The van der Waals surface area contributed by atoms with Gasteiger partial charge < -0.3 is 10.4 Å². The summed E-state index contributed by atoms with van der Waals surface area (Å²) < 4.78 is 27.1. The van der Waals surface area contributed by atoms with Gasteiger partial charge >= 0.3 is 5.69 Å². The molecule has 0 spiro atoms. The third-order valence-electron chi connectivity index (χ3n) is 2.54. The van der Waals surface area contributed by atoms with Gasteiger partial charge in [-0.25, -0.2) is 4.39 Å². The fourth-order valence-corrected chi connectivity index (χ4v) is 1.43. The highest BCUT2D eigenvalue weighted by Crippen LogP contribution is 2.23. The first-order chi connectivity index (χ1) is 8.92. The molecule has 0 radical (unpaired) electrons. The van der Waals surface area contributed by atoms with Crippen molar-refractivity contribution in [3.63, 3.8) is 0 Å². The Hall–Kier alpha value is -2.09. The van der Waals surface area contributed by atoms with Gasteiger partial charge in [0.15, 0.2) is 0 Å². The molecule has 8 heteroatoms. The van der Waals surface area contributed by atoms with Crippen LogP contribution in [0.25, 0.3) is 0 Å². The quantitative estimate of drug-likeness (QED) is 0.626. The minimum atomic E-state index is -1.53. The highest BCUT2D eigenvalue weighted by atomic mass is 19.1. The van der Waals surface area contributed by atoms with Gasteiger partial charge in [-0.15, -0.1) is 0 Å². The zero-order valence-electron chi connectivity index (χ0n) is 10.0. The molecule has 0 fully saturated rings. The summed E-state index contributed by atoms with van der Waals surface area (Å²) >= 11 is 0. The summed E-state index contributed by atoms with van der Waals surface area (Å²) in [4.78, 5) is 21.1. The molecule has 19 heavy (non-hydrogen) atoms. The molecule has 0 saturated carbocycles. The Kier molecular flexibility index (Phi) is 4.87. The van der Waals surface area contributed by atoms with E-state index < -0.39 is 46.4 Å². The zero-order chi connectivity index (χ0) is 14.6. The predicted molar refractivity (Wildman–Crippen MR) is 61.6 cm³/mol. The Morgan fingerprint density at radius 1 is 1.53 bits per heavy atom. The van der Waals surface area contributed by atoms with Crippen molar-refractivity contribution in [3.8, 4) is 0 Å². The molecule has 1 atom stereocenters. The molecule has 2 N–H and O–H groups in total. The number of halogens is 2. The summed E-state index contributed by atoms with van der Waals surface area (Å²) in [5, 5.41) is 21.6. The summed E-state index contributed by atoms with van der Waals surface area (Å²) in [6.07, 6.45) is 0.348. The normalized spacial score (nSPS) is 12.0. The second-order valence-electron chi connectivity index (χ2n) is 3.77. The number of nitrogens with one attached hydrogen (secondary N) is 1. The van der Waals surface area contributed by atoms with Crippen molar-refractivity contribution in [2.24, 2.45) is 0 Å². The molecular formula is C11H12F2N2O4. The molecule has 6 nitrogen and oxygen atoms in total. The van der Waals surface area contributed by atoms with Crippen molar-refractivity contribution < 1.29 is 23.6 Å². The molecule has 0 aliphatic heterocycles. The number of nitro groups is 1. The van der Waals surface area contributed by atoms with Crippen molar-refractivity contribution in [1.82, 2.24) is 5.32 Å². The molecule has 0 saturated heterocycles. The number of nitro benzene ring substituents is 1. The molecule has 0 aliphatic rings. The van der Waals surface area contributed by atoms with Crippen LogP contribution in [0.1, 0.15) is 23.7 Å². The Bertz CT molecular complexity index is 504. The van der Waals surface area contributed by atoms with Gasteiger partial charge in [-0.2, -0.15) is 4.39 Å². The van der Waals surface area contributed by atoms with E-state index in [0.29, 0.717) is 18.6 Å². The Labute approximate surface area is 107 Å². The van der Waals surface area contributed by atoms with Crippen LogP contribution in [0.5, 0.6) is 0 Å². The number of nitrogens with zero attached hydrogens (tertiary/aromatic N) is 1. The van der Waals surface area contributed by atoms with Gasteiger partial charge in [0, 0.05) is 6.07 Å². The molecule has 1 amide bonds. The van der Waals surface area contributed by atoms with E-state index in [9.17, 15) is 23.7 Å². The molecule has 0 heterocycles. The monoisotopic (exact) mass is 274 g/mol. The first-order valence-electron chi connectivity index (χ1n) is 5.46. The van der Waals surface area contributed by atoms with Crippen molar-refractivity contribution in [3.05, 3.63) is 39.4 Å². The van der Waals surface area contributed by atoms with E-state index >= 15 is 0 Å². The van der Waals surface area contributed by atoms with Crippen LogP contribution < -0.4 is 5.32 Å². The van der Waals surface area contributed by atoms with Gasteiger partial charge in [0.2, 0.25) is 5.82 Å². The van der Waals surface area contributed by atoms with Crippen LogP contribution in [-0.4, -0.2) is 28.6 Å². The lowest BCUT2D eigenvalue weighted by Gasteiger charge is -2.14. The Morgan fingerprint density at radius 2 is 2.16 bits per heavy atom. The van der Waals surface area contributed by atoms with E-state index in [1.165, 1.54) is 0 Å². The molecule has 1 aromatic rings. The number of rotatable bonds is 5. The second kappa shape index (κ2) is 6.19. The Morgan fingerprint density at radius 3 is 2.63 bits per heavy atom. The highest BCUT2D eigenvalue weighted by molar-refractivity contribution is 5.95. The molecular weight excluding hydrogens is 262 g/mol. The fourth-order valence-electron chi connectivity index (χ4n) is 1.43. The van der Waals surface area contributed by atoms with Crippen molar-refractivity contribution in [2.45, 2.75) is 19.4 Å². The van der Waals surface area contributed by atoms with E-state index in [2.05, 4.69) is 5.32 Å².